The molecule has 0 bridgehead atoms. The van der Waals surface area contributed by atoms with Crippen LogP contribution in [0.25, 0.3) is 0 Å². The average molecular weight is 326 g/mol. The van der Waals surface area contributed by atoms with E-state index in [0.717, 1.165) is 19.3 Å². The quantitative estimate of drug-likeness (QED) is 0.710. The van der Waals surface area contributed by atoms with E-state index in [-0.39, 0.29) is 11.6 Å². The van der Waals surface area contributed by atoms with E-state index >= 15 is 0 Å². The molecular formula is C18H31NO2S. The van der Waals surface area contributed by atoms with Crippen molar-refractivity contribution in [2.75, 3.05) is 7.05 Å². The van der Waals surface area contributed by atoms with Gasteiger partial charge in [0.05, 0.1) is 0 Å². The first kappa shape index (κ1) is 19.0. The number of rotatable bonds is 1. The van der Waals surface area contributed by atoms with Gasteiger partial charge in [-0.1, -0.05) is 13.8 Å². The minimum atomic E-state index is -0.445. The minimum absolute atomic E-state index is 0.152. The van der Waals surface area contributed by atoms with Crippen LogP contribution in [0.1, 0.15) is 64.0 Å². The Balaban J connectivity index is 0.00000116. The second kappa shape index (κ2) is 7.03. The van der Waals surface area contributed by atoms with Crippen LogP contribution in [0.2, 0.25) is 0 Å². The first-order valence-electron chi connectivity index (χ1n) is 8.15. The van der Waals surface area contributed by atoms with E-state index < -0.39 is 5.60 Å². The van der Waals surface area contributed by atoms with Crippen LogP contribution in [0.3, 0.4) is 0 Å². The van der Waals surface area contributed by atoms with Gasteiger partial charge < -0.3 is 9.64 Å². The van der Waals surface area contributed by atoms with Gasteiger partial charge in [-0.2, -0.15) is 0 Å². The summed E-state index contributed by atoms with van der Waals surface area (Å²) in [6.45, 7) is 14.1. The SMILES string of the molecule is CC.Cc1scc2c1CC(C)(N(C)C(=O)OC(C)(C)C)CC2. The number of ether oxygens (including phenoxy) is 1. The first-order chi connectivity index (χ1) is 10.1. The molecule has 0 saturated heterocycles. The summed E-state index contributed by atoms with van der Waals surface area (Å²) in [5.41, 5.74) is 2.29. The molecule has 3 nitrogen and oxygen atoms in total. The van der Waals surface area contributed by atoms with Gasteiger partial charge in [0.2, 0.25) is 0 Å². The summed E-state index contributed by atoms with van der Waals surface area (Å²) in [7, 11) is 1.86. The number of aryl methyl sites for hydroxylation is 2. The Morgan fingerprint density at radius 1 is 1.36 bits per heavy atom. The molecule has 1 aromatic rings. The molecule has 0 saturated carbocycles. The van der Waals surface area contributed by atoms with Crippen LogP contribution in [-0.2, 0) is 17.6 Å². The third kappa shape index (κ3) is 4.25. The van der Waals surface area contributed by atoms with E-state index in [1.807, 2.05) is 53.0 Å². The smallest absolute Gasteiger partial charge is 0.410 e. The van der Waals surface area contributed by atoms with E-state index in [4.69, 9.17) is 4.74 Å². The zero-order valence-electron chi connectivity index (χ0n) is 15.4. The molecule has 0 aliphatic heterocycles. The molecule has 1 amide bonds. The predicted molar refractivity (Wildman–Crippen MR) is 94.8 cm³/mol. The van der Waals surface area contributed by atoms with Crippen molar-refractivity contribution in [2.45, 2.75) is 78.9 Å². The van der Waals surface area contributed by atoms with Crippen molar-refractivity contribution in [3.05, 3.63) is 21.4 Å². The summed E-state index contributed by atoms with van der Waals surface area (Å²) >= 11 is 1.82. The van der Waals surface area contributed by atoms with Gasteiger partial charge in [0.25, 0.3) is 0 Å². The largest absolute Gasteiger partial charge is 0.444 e. The Kier molecular flexibility index (Phi) is 6.08. The van der Waals surface area contributed by atoms with Crippen LogP contribution in [0.5, 0.6) is 0 Å². The lowest BCUT2D eigenvalue weighted by Crippen LogP contribution is -2.52. The summed E-state index contributed by atoms with van der Waals surface area (Å²) in [4.78, 5) is 15.5. The number of likely N-dealkylation sites (N-methyl/N-ethyl adjacent to an activating group) is 1. The van der Waals surface area contributed by atoms with Crippen LogP contribution in [0.4, 0.5) is 4.79 Å². The third-order valence-electron chi connectivity index (χ3n) is 4.16. The Morgan fingerprint density at radius 3 is 2.50 bits per heavy atom. The highest BCUT2D eigenvalue weighted by atomic mass is 32.1. The lowest BCUT2D eigenvalue weighted by Gasteiger charge is -2.42. The summed E-state index contributed by atoms with van der Waals surface area (Å²) in [6.07, 6.45) is 2.74. The Hall–Kier alpha value is -1.03. The fourth-order valence-corrected chi connectivity index (χ4v) is 3.61. The van der Waals surface area contributed by atoms with Gasteiger partial charge in [-0.15, -0.1) is 11.3 Å². The number of amides is 1. The van der Waals surface area contributed by atoms with Crippen molar-refractivity contribution < 1.29 is 9.53 Å². The standard InChI is InChI=1S/C16H25NO2S.C2H6/c1-11-13-9-16(5,8-7-12(13)10-20-11)17(6)14(18)19-15(2,3)4;1-2/h10H,7-9H2,1-6H3;1-2H3. The molecule has 1 aromatic heterocycles. The lowest BCUT2D eigenvalue weighted by atomic mass is 9.79. The zero-order chi connectivity index (χ0) is 17.1. The molecule has 0 N–H and O–H groups in total. The molecule has 1 aliphatic carbocycles. The molecule has 1 heterocycles. The highest BCUT2D eigenvalue weighted by Gasteiger charge is 2.38. The average Bonchev–Trinajstić information content (AvgIpc) is 2.79. The fourth-order valence-electron chi connectivity index (χ4n) is 2.69. The summed E-state index contributed by atoms with van der Waals surface area (Å²) in [5, 5.41) is 2.26. The zero-order valence-corrected chi connectivity index (χ0v) is 16.2. The van der Waals surface area contributed by atoms with Gasteiger partial charge in [-0.25, -0.2) is 4.79 Å². The van der Waals surface area contributed by atoms with Gasteiger partial charge in [-0.05, 0) is 70.4 Å². The molecule has 22 heavy (non-hydrogen) atoms. The van der Waals surface area contributed by atoms with Gasteiger partial charge >= 0.3 is 6.09 Å². The molecule has 126 valence electrons. The topological polar surface area (TPSA) is 29.5 Å². The monoisotopic (exact) mass is 325 g/mol. The van der Waals surface area contributed by atoms with E-state index in [0.29, 0.717) is 0 Å². The van der Waals surface area contributed by atoms with Crippen LogP contribution >= 0.6 is 11.3 Å². The van der Waals surface area contributed by atoms with Crippen molar-refractivity contribution in [1.29, 1.82) is 0 Å². The maximum absolute atomic E-state index is 12.3. The van der Waals surface area contributed by atoms with Crippen molar-refractivity contribution in [2.24, 2.45) is 0 Å². The number of hydrogen-bond acceptors (Lipinski definition) is 3. The lowest BCUT2D eigenvalue weighted by molar-refractivity contribution is 0.00552. The first-order valence-corrected chi connectivity index (χ1v) is 9.03. The van der Waals surface area contributed by atoms with Crippen LogP contribution in [0, 0.1) is 6.92 Å². The molecule has 0 spiro atoms. The van der Waals surface area contributed by atoms with Crippen LogP contribution in [-0.4, -0.2) is 29.2 Å². The number of hydrogen-bond donors (Lipinski definition) is 0. The molecule has 0 fully saturated rings. The molecule has 1 atom stereocenters. The number of carbonyl (C=O) groups excluding carboxylic acids is 1. The summed E-state index contributed by atoms with van der Waals surface area (Å²) in [6, 6.07) is 0. The normalized spacial score (nSPS) is 20.5. The van der Waals surface area contributed by atoms with E-state index in [1.165, 1.54) is 16.0 Å². The molecule has 2 rings (SSSR count). The number of carbonyl (C=O) groups is 1. The molecular weight excluding hydrogens is 294 g/mol. The van der Waals surface area contributed by atoms with Gasteiger partial charge in [0.15, 0.2) is 0 Å². The minimum Gasteiger partial charge on any atom is -0.444 e. The van der Waals surface area contributed by atoms with Crippen LogP contribution in [0.15, 0.2) is 5.38 Å². The van der Waals surface area contributed by atoms with Crippen molar-refractivity contribution >= 4 is 17.4 Å². The predicted octanol–water partition coefficient (Wildman–Crippen LogP) is 5.20. The Bertz CT molecular complexity index is 516. The van der Waals surface area contributed by atoms with Crippen molar-refractivity contribution in [1.82, 2.24) is 4.90 Å². The molecule has 1 unspecified atom stereocenters. The van der Waals surface area contributed by atoms with Crippen molar-refractivity contribution in [3.63, 3.8) is 0 Å². The Morgan fingerprint density at radius 2 is 1.95 bits per heavy atom. The second-order valence-corrected chi connectivity index (χ2v) is 8.09. The highest BCUT2D eigenvalue weighted by molar-refractivity contribution is 7.10. The third-order valence-corrected chi connectivity index (χ3v) is 5.16. The number of thiophene rings is 1. The molecule has 4 heteroatoms. The molecule has 1 aliphatic rings. The summed E-state index contributed by atoms with van der Waals surface area (Å²) in [5.74, 6) is 0. The molecule has 0 aromatic carbocycles. The van der Waals surface area contributed by atoms with E-state index in [9.17, 15) is 4.79 Å². The van der Waals surface area contributed by atoms with E-state index in [1.54, 1.807) is 4.90 Å². The highest BCUT2D eigenvalue weighted by Crippen LogP contribution is 2.37. The van der Waals surface area contributed by atoms with Gasteiger partial charge in [-0.3, -0.25) is 0 Å². The van der Waals surface area contributed by atoms with Gasteiger partial charge in [0.1, 0.15) is 5.60 Å². The van der Waals surface area contributed by atoms with Crippen LogP contribution < -0.4 is 0 Å². The maximum atomic E-state index is 12.3. The number of nitrogens with zero attached hydrogens (tertiary/aromatic N) is 1. The Labute approximate surface area is 139 Å². The second-order valence-electron chi connectivity index (χ2n) is 7.01. The van der Waals surface area contributed by atoms with E-state index in [2.05, 4.69) is 19.2 Å². The van der Waals surface area contributed by atoms with Gasteiger partial charge in [0, 0.05) is 17.5 Å². The van der Waals surface area contributed by atoms with Crippen molar-refractivity contribution in [3.8, 4) is 0 Å². The molecule has 0 radical (unpaired) electrons. The summed E-state index contributed by atoms with van der Waals surface area (Å²) < 4.78 is 5.51. The fraction of sp³-hybridized carbons (Fsp3) is 0.722. The number of fused-ring (bicyclic) bond motifs is 1. The maximum Gasteiger partial charge on any atom is 0.410 e.